The van der Waals surface area contributed by atoms with Crippen molar-refractivity contribution in [3.63, 3.8) is 0 Å². The number of hydrogen-bond donors (Lipinski definition) is 2. The van der Waals surface area contributed by atoms with Gasteiger partial charge in [-0.25, -0.2) is 0 Å². The summed E-state index contributed by atoms with van der Waals surface area (Å²) >= 11 is 0. The minimum atomic E-state index is -0.855. The molecule has 1 amide bonds. The minimum Gasteiger partial charge on any atom is -0.507 e. The van der Waals surface area contributed by atoms with Crippen molar-refractivity contribution in [3.05, 3.63) is 95.2 Å². The summed E-state index contributed by atoms with van der Waals surface area (Å²) in [6.07, 6.45) is 1.78. The van der Waals surface area contributed by atoms with E-state index in [-0.39, 0.29) is 17.9 Å². The number of ether oxygens (including phenoxy) is 3. The van der Waals surface area contributed by atoms with E-state index in [1.165, 1.54) is 4.90 Å². The third-order valence-corrected chi connectivity index (χ3v) is 6.81. The summed E-state index contributed by atoms with van der Waals surface area (Å²) < 4.78 is 16.9. The number of H-pyrrole nitrogens is 1. The van der Waals surface area contributed by atoms with E-state index in [1.807, 2.05) is 56.3 Å². The van der Waals surface area contributed by atoms with Gasteiger partial charge in [0.2, 0.25) is 0 Å². The number of aliphatic hydroxyl groups excluding tert-OH is 1. The Balaban J connectivity index is 1.71. The number of nitrogens with zero attached hydrogens (tertiary/aromatic N) is 1. The van der Waals surface area contributed by atoms with E-state index in [0.717, 1.165) is 16.5 Å². The van der Waals surface area contributed by atoms with Crippen molar-refractivity contribution < 1.29 is 28.9 Å². The van der Waals surface area contributed by atoms with E-state index in [4.69, 9.17) is 14.2 Å². The number of hydrogen-bond acceptors (Lipinski definition) is 6. The van der Waals surface area contributed by atoms with Crippen molar-refractivity contribution in [2.24, 2.45) is 0 Å². The van der Waals surface area contributed by atoms with Crippen LogP contribution >= 0.6 is 0 Å². The Hall–Kier alpha value is -4.72. The normalized spacial score (nSPS) is 16.6. The van der Waals surface area contributed by atoms with Crippen LogP contribution in [0.5, 0.6) is 17.2 Å². The quantitative estimate of drug-likeness (QED) is 0.167. The number of nitrogens with one attached hydrogen (secondary N) is 1. The molecule has 3 aromatic carbocycles. The highest BCUT2D eigenvalue weighted by Gasteiger charge is 2.47. The maximum Gasteiger partial charge on any atom is 0.295 e. The standard InChI is InChI=1S/C31H30N2O6/c1-4-38-20-14-15-22(26(16-20)39-5-2)29(34)27-28(23-17-32-24-12-8-7-11-21(23)24)33(31(36)30(27)35)18-19-10-6-9-13-25(19)37-3/h6-17,28,32,34H,4-5,18H2,1-3H3/b29-27+. The van der Waals surface area contributed by atoms with Crippen LogP contribution in [0.4, 0.5) is 0 Å². The molecule has 1 aromatic heterocycles. The SMILES string of the molecule is CCOc1ccc(/C(O)=C2\C(=O)C(=O)N(Cc3ccccc3OC)C2c2c[nH]c3ccccc23)c(OCC)c1. The molecule has 200 valence electrons. The van der Waals surface area contributed by atoms with Crippen LogP contribution in [0.1, 0.15) is 36.6 Å². The highest BCUT2D eigenvalue weighted by atomic mass is 16.5. The fourth-order valence-electron chi connectivity index (χ4n) is 5.08. The monoisotopic (exact) mass is 526 g/mol. The maximum absolute atomic E-state index is 13.6. The van der Waals surface area contributed by atoms with Gasteiger partial charge in [0.25, 0.3) is 11.7 Å². The number of carbonyl (C=O) groups excluding carboxylic acids is 2. The lowest BCUT2D eigenvalue weighted by molar-refractivity contribution is -0.140. The molecule has 8 nitrogen and oxygen atoms in total. The van der Waals surface area contributed by atoms with E-state index in [9.17, 15) is 14.7 Å². The van der Waals surface area contributed by atoms with E-state index < -0.39 is 17.7 Å². The molecule has 0 radical (unpaired) electrons. The number of amides is 1. The molecule has 0 aliphatic carbocycles. The lowest BCUT2D eigenvalue weighted by Gasteiger charge is -2.26. The molecule has 2 heterocycles. The van der Waals surface area contributed by atoms with E-state index in [0.29, 0.717) is 41.6 Å². The number of methoxy groups -OCH3 is 1. The van der Waals surface area contributed by atoms with Gasteiger partial charge in [0.15, 0.2) is 0 Å². The highest BCUT2D eigenvalue weighted by molar-refractivity contribution is 6.46. The minimum absolute atomic E-state index is 0.00948. The van der Waals surface area contributed by atoms with Crippen LogP contribution in [0, 0.1) is 0 Å². The van der Waals surface area contributed by atoms with Gasteiger partial charge in [-0.05, 0) is 38.1 Å². The Bertz CT molecular complexity index is 1570. The Morgan fingerprint density at radius 2 is 1.69 bits per heavy atom. The third kappa shape index (κ3) is 4.69. The van der Waals surface area contributed by atoms with Crippen LogP contribution in [-0.4, -0.2) is 47.0 Å². The molecule has 4 aromatic rings. The van der Waals surface area contributed by atoms with E-state index in [1.54, 1.807) is 37.6 Å². The highest BCUT2D eigenvalue weighted by Crippen LogP contribution is 2.44. The van der Waals surface area contributed by atoms with Gasteiger partial charge in [0.05, 0.1) is 44.0 Å². The smallest absolute Gasteiger partial charge is 0.295 e. The van der Waals surface area contributed by atoms with Crippen molar-refractivity contribution in [2.75, 3.05) is 20.3 Å². The van der Waals surface area contributed by atoms with Gasteiger partial charge in [-0.1, -0.05) is 36.4 Å². The number of benzene rings is 3. The van der Waals surface area contributed by atoms with Gasteiger partial charge in [0, 0.05) is 34.3 Å². The van der Waals surface area contributed by atoms with Gasteiger partial charge in [-0.3, -0.25) is 9.59 Å². The molecule has 0 saturated carbocycles. The third-order valence-electron chi connectivity index (χ3n) is 6.81. The molecule has 5 rings (SSSR count). The van der Waals surface area contributed by atoms with Crippen LogP contribution in [-0.2, 0) is 16.1 Å². The molecule has 1 aliphatic heterocycles. The molecule has 1 unspecified atom stereocenters. The zero-order valence-corrected chi connectivity index (χ0v) is 22.1. The maximum atomic E-state index is 13.6. The Morgan fingerprint density at radius 3 is 2.46 bits per heavy atom. The predicted octanol–water partition coefficient (Wildman–Crippen LogP) is 5.60. The molecule has 8 heteroatoms. The summed E-state index contributed by atoms with van der Waals surface area (Å²) in [6, 6.07) is 19.2. The Labute approximate surface area is 226 Å². The van der Waals surface area contributed by atoms with Gasteiger partial charge in [-0.2, -0.15) is 0 Å². The summed E-state index contributed by atoms with van der Waals surface area (Å²) in [4.78, 5) is 31.9. The van der Waals surface area contributed by atoms with Gasteiger partial charge < -0.3 is 29.2 Å². The summed E-state index contributed by atoms with van der Waals surface area (Å²) in [5.74, 6) is -0.257. The average Bonchev–Trinajstić information content (AvgIpc) is 3.48. The molecule has 0 bridgehead atoms. The van der Waals surface area contributed by atoms with Gasteiger partial charge in [-0.15, -0.1) is 0 Å². The lowest BCUT2D eigenvalue weighted by Crippen LogP contribution is -2.29. The Kier molecular flexibility index (Phi) is 7.27. The molecule has 2 N–H and O–H groups in total. The van der Waals surface area contributed by atoms with Gasteiger partial charge in [0.1, 0.15) is 23.0 Å². The number of aromatic amines is 1. The van der Waals surface area contributed by atoms with Crippen molar-refractivity contribution in [1.29, 1.82) is 0 Å². The second kappa shape index (κ2) is 10.9. The first-order chi connectivity index (χ1) is 19.0. The zero-order chi connectivity index (χ0) is 27.5. The second-order valence-corrected chi connectivity index (χ2v) is 9.05. The fourth-order valence-corrected chi connectivity index (χ4v) is 5.08. The number of Topliss-reactive ketones (excluding diaryl/α,β-unsaturated/α-hetero) is 1. The molecule has 39 heavy (non-hydrogen) atoms. The molecule has 0 spiro atoms. The Morgan fingerprint density at radius 1 is 0.949 bits per heavy atom. The first kappa shape index (κ1) is 25.9. The summed E-state index contributed by atoms with van der Waals surface area (Å²) in [5, 5.41) is 12.5. The number of para-hydroxylation sites is 2. The van der Waals surface area contributed by atoms with Crippen LogP contribution < -0.4 is 14.2 Å². The molecular weight excluding hydrogens is 496 g/mol. The first-order valence-corrected chi connectivity index (χ1v) is 12.8. The number of ketones is 1. The van der Waals surface area contributed by atoms with Crippen molar-refractivity contribution in [3.8, 4) is 17.2 Å². The molecule has 1 aliphatic rings. The summed E-state index contributed by atoms with van der Waals surface area (Å²) in [5.41, 5.74) is 2.59. The lowest BCUT2D eigenvalue weighted by atomic mass is 9.94. The zero-order valence-electron chi connectivity index (χ0n) is 22.1. The van der Waals surface area contributed by atoms with E-state index in [2.05, 4.69) is 4.98 Å². The number of aliphatic hydroxyl groups is 1. The van der Waals surface area contributed by atoms with Crippen LogP contribution in [0.25, 0.3) is 16.7 Å². The molecular formula is C31H30N2O6. The number of fused-ring (bicyclic) bond motifs is 1. The van der Waals surface area contributed by atoms with Crippen molar-refractivity contribution >= 4 is 28.4 Å². The summed E-state index contributed by atoms with van der Waals surface area (Å²) in [6.45, 7) is 4.61. The largest absolute Gasteiger partial charge is 0.507 e. The average molecular weight is 527 g/mol. The fraction of sp³-hybridized carbons (Fsp3) is 0.226. The number of rotatable bonds is 9. The first-order valence-electron chi connectivity index (χ1n) is 12.8. The van der Waals surface area contributed by atoms with Crippen LogP contribution in [0.3, 0.4) is 0 Å². The number of aromatic nitrogens is 1. The van der Waals surface area contributed by atoms with E-state index >= 15 is 0 Å². The molecule has 1 fully saturated rings. The van der Waals surface area contributed by atoms with Crippen molar-refractivity contribution in [1.82, 2.24) is 9.88 Å². The molecule has 1 saturated heterocycles. The van der Waals surface area contributed by atoms with Crippen LogP contribution in [0.15, 0.2) is 78.5 Å². The van der Waals surface area contributed by atoms with Crippen LogP contribution in [0.2, 0.25) is 0 Å². The molecule has 1 atom stereocenters. The topological polar surface area (TPSA) is 101 Å². The second-order valence-electron chi connectivity index (χ2n) is 9.05. The van der Waals surface area contributed by atoms with Gasteiger partial charge >= 0.3 is 0 Å². The van der Waals surface area contributed by atoms with Crippen molar-refractivity contribution in [2.45, 2.75) is 26.4 Å². The number of likely N-dealkylation sites (tertiary alicyclic amines) is 1. The predicted molar refractivity (Wildman–Crippen MR) is 148 cm³/mol. The number of carbonyl (C=O) groups is 2. The summed E-state index contributed by atoms with van der Waals surface area (Å²) in [7, 11) is 1.56.